The van der Waals surface area contributed by atoms with Gasteiger partial charge in [-0.2, -0.15) is 0 Å². The zero-order valence-corrected chi connectivity index (χ0v) is 23.5. The Morgan fingerprint density at radius 2 is 1.71 bits per heavy atom. The van der Waals surface area contributed by atoms with Crippen LogP contribution in [-0.2, 0) is 12.2 Å². The van der Waals surface area contributed by atoms with Gasteiger partial charge in [-0.15, -0.1) is 0 Å². The highest BCUT2D eigenvalue weighted by atomic mass is 35.5. The maximum absolute atomic E-state index is 12.4. The lowest BCUT2D eigenvalue weighted by atomic mass is 9.90. The van der Waals surface area contributed by atoms with E-state index in [9.17, 15) is 4.79 Å². The van der Waals surface area contributed by atoms with Gasteiger partial charge in [-0.25, -0.2) is 9.97 Å². The van der Waals surface area contributed by atoms with Crippen LogP contribution in [0.25, 0.3) is 0 Å². The fourth-order valence-corrected chi connectivity index (χ4v) is 5.79. The zero-order valence-electron chi connectivity index (χ0n) is 21.9. The number of halogens is 1. The van der Waals surface area contributed by atoms with E-state index >= 15 is 0 Å². The fourth-order valence-electron chi connectivity index (χ4n) is 4.75. The Morgan fingerprint density at radius 1 is 0.974 bits per heavy atom. The van der Waals surface area contributed by atoms with Crippen LogP contribution >= 0.6 is 23.4 Å². The number of carbonyl (C=O) groups is 1. The molecule has 0 radical (unpaired) electrons. The number of anilines is 1. The lowest BCUT2D eigenvalue weighted by Crippen LogP contribution is -2.35. The second-order valence-electron chi connectivity index (χ2n) is 9.90. The van der Waals surface area contributed by atoms with Crippen molar-refractivity contribution in [3.05, 3.63) is 82.5 Å². The third-order valence-corrected chi connectivity index (χ3v) is 8.08. The summed E-state index contributed by atoms with van der Waals surface area (Å²) in [5, 5.41) is 4.14. The predicted octanol–water partition coefficient (Wildman–Crippen LogP) is 6.13. The van der Waals surface area contributed by atoms with E-state index in [-0.39, 0.29) is 5.91 Å². The van der Waals surface area contributed by atoms with E-state index in [1.807, 2.05) is 30.3 Å². The molecule has 3 aromatic rings. The smallest absolute Gasteiger partial charge is 0.251 e. The highest BCUT2D eigenvalue weighted by molar-refractivity contribution is 7.98. The fraction of sp³-hybridized carbons (Fsp3) is 0.433. The Labute approximate surface area is 235 Å². The molecule has 0 saturated carbocycles. The van der Waals surface area contributed by atoms with Crippen LogP contribution in [0.3, 0.4) is 0 Å². The number of carbonyl (C=O) groups excluding carboxylic acids is 1. The van der Waals surface area contributed by atoms with Crippen LogP contribution in [0.5, 0.6) is 0 Å². The van der Waals surface area contributed by atoms with Crippen LogP contribution in [-0.4, -0.2) is 42.1 Å². The largest absolute Gasteiger partial charge is 0.356 e. The number of hydrogen-bond acceptors (Lipinski definition) is 6. The molecule has 0 bridgehead atoms. The van der Waals surface area contributed by atoms with Crippen LogP contribution in [0, 0.1) is 5.92 Å². The summed E-state index contributed by atoms with van der Waals surface area (Å²) in [5.74, 6) is 2.28. The van der Waals surface area contributed by atoms with Crippen LogP contribution in [0.4, 0.5) is 5.82 Å². The van der Waals surface area contributed by atoms with E-state index in [4.69, 9.17) is 22.3 Å². The molecule has 1 aromatic heterocycles. The maximum atomic E-state index is 12.4. The zero-order chi connectivity index (χ0) is 26.6. The van der Waals surface area contributed by atoms with Gasteiger partial charge in [0, 0.05) is 37.0 Å². The van der Waals surface area contributed by atoms with Crippen molar-refractivity contribution in [2.45, 2.75) is 55.9 Å². The van der Waals surface area contributed by atoms with Crippen molar-refractivity contribution in [1.82, 2.24) is 15.3 Å². The van der Waals surface area contributed by atoms with Gasteiger partial charge in [-0.05, 0) is 67.8 Å². The number of rotatable bonds is 13. The first-order valence-electron chi connectivity index (χ1n) is 13.6. The monoisotopic (exact) mass is 551 g/mol. The number of aromatic nitrogens is 2. The summed E-state index contributed by atoms with van der Waals surface area (Å²) in [6.45, 7) is 3.38. The maximum Gasteiger partial charge on any atom is 0.251 e. The average molecular weight is 552 g/mol. The molecule has 2 heterocycles. The van der Waals surface area contributed by atoms with Gasteiger partial charge in [0.15, 0.2) is 5.16 Å². The molecular formula is C30H38ClN5OS. The first-order chi connectivity index (χ1) is 18.6. The third kappa shape index (κ3) is 9.00. The van der Waals surface area contributed by atoms with Crippen molar-refractivity contribution in [2.24, 2.45) is 11.7 Å². The number of unbranched alkanes of at least 4 members (excludes halogenated alkanes) is 3. The molecule has 8 heteroatoms. The van der Waals surface area contributed by atoms with Crippen LogP contribution in [0.1, 0.15) is 60.0 Å². The van der Waals surface area contributed by atoms with Gasteiger partial charge in [0.05, 0.1) is 0 Å². The van der Waals surface area contributed by atoms with Crippen molar-refractivity contribution in [3.63, 3.8) is 0 Å². The molecular weight excluding hydrogens is 514 g/mol. The number of nitrogens with zero attached hydrogens (tertiary/aromatic N) is 3. The van der Waals surface area contributed by atoms with E-state index in [1.54, 1.807) is 11.8 Å². The molecule has 202 valence electrons. The molecule has 38 heavy (non-hydrogen) atoms. The van der Waals surface area contributed by atoms with Crippen molar-refractivity contribution in [3.8, 4) is 0 Å². The predicted molar refractivity (Wildman–Crippen MR) is 158 cm³/mol. The molecule has 4 rings (SSSR count). The first kappa shape index (κ1) is 28.4. The summed E-state index contributed by atoms with van der Waals surface area (Å²) in [5.41, 5.74) is 8.72. The topological polar surface area (TPSA) is 84.1 Å². The molecule has 6 nitrogen and oxygen atoms in total. The summed E-state index contributed by atoms with van der Waals surface area (Å²) in [4.78, 5) is 24.0. The second kappa shape index (κ2) is 15.1. The molecule has 1 aliphatic heterocycles. The highest BCUT2D eigenvalue weighted by Crippen LogP contribution is 2.28. The molecule has 1 amide bonds. The van der Waals surface area contributed by atoms with Crippen LogP contribution in [0.15, 0.2) is 65.8 Å². The number of benzene rings is 2. The number of piperidine rings is 1. The summed E-state index contributed by atoms with van der Waals surface area (Å²) < 4.78 is 0. The van der Waals surface area contributed by atoms with Crippen molar-refractivity contribution in [2.75, 3.05) is 31.1 Å². The molecule has 1 fully saturated rings. The Kier molecular flexibility index (Phi) is 11.3. The van der Waals surface area contributed by atoms with Gasteiger partial charge in [-0.3, -0.25) is 4.79 Å². The number of hydrogen-bond donors (Lipinski definition) is 2. The standard InChI is InChI=1S/C30H38ClN5OS/c31-27-21-28(36-18-14-24(15-19-36)20-23-8-4-3-5-9-23)35-30(34-27)38-22-25-10-12-26(13-11-25)29(37)33-17-7-2-1-6-16-32/h3-5,8-13,21,24H,1-2,6-7,14-20,22,32H2,(H,33,37). The number of nitrogens with one attached hydrogen (secondary N) is 1. The molecule has 0 atom stereocenters. The van der Waals surface area contributed by atoms with Crippen molar-refractivity contribution < 1.29 is 4.79 Å². The summed E-state index contributed by atoms with van der Waals surface area (Å²) in [6, 6.07) is 20.4. The molecule has 1 aliphatic rings. The summed E-state index contributed by atoms with van der Waals surface area (Å²) in [7, 11) is 0. The second-order valence-corrected chi connectivity index (χ2v) is 11.2. The highest BCUT2D eigenvalue weighted by Gasteiger charge is 2.21. The van der Waals surface area contributed by atoms with E-state index in [0.717, 1.165) is 76.0 Å². The van der Waals surface area contributed by atoms with Crippen LogP contribution < -0.4 is 16.0 Å². The first-order valence-corrected chi connectivity index (χ1v) is 15.0. The molecule has 1 saturated heterocycles. The van der Waals surface area contributed by atoms with E-state index in [0.29, 0.717) is 34.1 Å². The van der Waals surface area contributed by atoms with Gasteiger partial charge in [0.2, 0.25) is 0 Å². The van der Waals surface area contributed by atoms with E-state index in [2.05, 4.69) is 45.5 Å². The minimum atomic E-state index is -0.0293. The summed E-state index contributed by atoms with van der Waals surface area (Å²) >= 11 is 7.94. The third-order valence-electron chi connectivity index (χ3n) is 6.97. The van der Waals surface area contributed by atoms with Crippen molar-refractivity contribution in [1.29, 1.82) is 0 Å². The molecule has 2 aromatic carbocycles. The Balaban J connectivity index is 1.24. The van der Waals surface area contributed by atoms with E-state index < -0.39 is 0 Å². The Morgan fingerprint density at radius 3 is 2.45 bits per heavy atom. The minimum absolute atomic E-state index is 0.0293. The lowest BCUT2D eigenvalue weighted by Gasteiger charge is -2.33. The van der Waals surface area contributed by atoms with Gasteiger partial charge in [0.1, 0.15) is 11.0 Å². The van der Waals surface area contributed by atoms with Gasteiger partial charge >= 0.3 is 0 Å². The number of amides is 1. The number of nitrogens with two attached hydrogens (primary N) is 1. The lowest BCUT2D eigenvalue weighted by molar-refractivity contribution is 0.0953. The Hall–Kier alpha value is -2.61. The van der Waals surface area contributed by atoms with E-state index in [1.165, 1.54) is 5.56 Å². The number of thioether (sulfide) groups is 1. The van der Waals surface area contributed by atoms with Crippen molar-refractivity contribution >= 4 is 35.1 Å². The van der Waals surface area contributed by atoms with Gasteiger partial charge in [-0.1, -0.05) is 78.7 Å². The quantitative estimate of drug-likeness (QED) is 0.115. The Bertz CT molecular complexity index is 1140. The molecule has 3 N–H and O–H groups in total. The van der Waals surface area contributed by atoms with Gasteiger partial charge < -0.3 is 16.0 Å². The summed E-state index contributed by atoms with van der Waals surface area (Å²) in [6.07, 6.45) is 7.66. The molecule has 0 spiro atoms. The molecule has 0 unspecified atom stereocenters. The molecule has 0 aliphatic carbocycles. The minimum Gasteiger partial charge on any atom is -0.356 e. The van der Waals surface area contributed by atoms with Crippen LogP contribution in [0.2, 0.25) is 5.15 Å². The normalized spacial score (nSPS) is 14.0. The SMILES string of the molecule is NCCCCCCNC(=O)c1ccc(CSc2nc(Cl)cc(N3CCC(Cc4ccccc4)CC3)n2)cc1. The van der Waals surface area contributed by atoms with Gasteiger partial charge in [0.25, 0.3) is 5.91 Å². The average Bonchev–Trinajstić information content (AvgIpc) is 2.94.